The number of rotatable bonds is 4. The molecule has 2 aromatic heterocycles. The monoisotopic (exact) mass is 298 g/mol. The fourth-order valence-electron chi connectivity index (χ4n) is 1.51. The number of pyridine rings is 2. The van der Waals surface area contributed by atoms with Gasteiger partial charge in [-0.15, -0.1) is 0 Å². The topological polar surface area (TPSA) is 56.6 Å². The molecule has 3 N–H and O–H groups in total. The van der Waals surface area contributed by atoms with Crippen molar-refractivity contribution in [1.82, 2.24) is 0 Å². The van der Waals surface area contributed by atoms with Crippen LogP contribution in [0.15, 0.2) is 42.7 Å². The second kappa shape index (κ2) is 6.54. The van der Waals surface area contributed by atoms with E-state index < -0.39 is 6.10 Å². The SMILES string of the molecule is OCC(O)CNc1cc[n+]2ccccc2c1.[Br-]. The van der Waals surface area contributed by atoms with Crippen molar-refractivity contribution in [2.24, 2.45) is 0 Å². The van der Waals surface area contributed by atoms with Crippen molar-refractivity contribution in [2.45, 2.75) is 6.10 Å². The van der Waals surface area contributed by atoms with Gasteiger partial charge in [0.05, 0.1) is 12.7 Å². The van der Waals surface area contributed by atoms with Crippen LogP contribution < -0.4 is 26.7 Å². The highest BCUT2D eigenvalue weighted by Crippen LogP contribution is 2.07. The lowest BCUT2D eigenvalue weighted by atomic mass is 10.3. The van der Waals surface area contributed by atoms with E-state index in [1.54, 1.807) is 0 Å². The maximum atomic E-state index is 9.21. The molecular formula is C12H15BrN2O2. The van der Waals surface area contributed by atoms with Gasteiger partial charge >= 0.3 is 0 Å². The Morgan fingerprint density at radius 2 is 2.06 bits per heavy atom. The predicted molar refractivity (Wildman–Crippen MR) is 61.2 cm³/mol. The third-order valence-corrected chi connectivity index (χ3v) is 2.39. The van der Waals surface area contributed by atoms with Crippen LogP contribution in [0.4, 0.5) is 5.69 Å². The van der Waals surface area contributed by atoms with E-state index in [0.29, 0.717) is 6.54 Å². The molecule has 1 atom stereocenters. The summed E-state index contributed by atoms with van der Waals surface area (Å²) in [5.41, 5.74) is 2.00. The first-order chi connectivity index (χ1) is 7.79. The molecule has 2 rings (SSSR count). The first-order valence-electron chi connectivity index (χ1n) is 5.22. The van der Waals surface area contributed by atoms with Crippen molar-refractivity contribution in [3.63, 3.8) is 0 Å². The molecule has 92 valence electrons. The molecule has 0 aromatic carbocycles. The Kier molecular flexibility index (Phi) is 5.34. The molecule has 0 aliphatic carbocycles. The summed E-state index contributed by atoms with van der Waals surface area (Å²) < 4.78 is 2.01. The second-order valence-corrected chi connectivity index (χ2v) is 3.67. The van der Waals surface area contributed by atoms with Crippen molar-refractivity contribution in [2.75, 3.05) is 18.5 Å². The van der Waals surface area contributed by atoms with Gasteiger partial charge in [0.2, 0.25) is 5.52 Å². The van der Waals surface area contributed by atoms with E-state index in [9.17, 15) is 5.11 Å². The lowest BCUT2D eigenvalue weighted by Crippen LogP contribution is -3.00. The molecule has 2 heterocycles. The summed E-state index contributed by atoms with van der Waals surface area (Å²) in [4.78, 5) is 0. The van der Waals surface area contributed by atoms with Crippen LogP contribution in [0.5, 0.6) is 0 Å². The number of fused-ring (bicyclic) bond motifs is 1. The van der Waals surface area contributed by atoms with E-state index in [2.05, 4.69) is 5.32 Å². The minimum Gasteiger partial charge on any atom is -1.00 e. The van der Waals surface area contributed by atoms with E-state index in [1.807, 2.05) is 47.1 Å². The molecule has 0 amide bonds. The molecule has 0 radical (unpaired) electrons. The van der Waals surface area contributed by atoms with Crippen molar-refractivity contribution in [1.29, 1.82) is 0 Å². The number of aliphatic hydroxyl groups is 2. The van der Waals surface area contributed by atoms with Gasteiger partial charge in [-0.2, -0.15) is 4.40 Å². The lowest BCUT2D eigenvalue weighted by molar-refractivity contribution is -0.511. The Morgan fingerprint density at radius 1 is 1.24 bits per heavy atom. The molecule has 0 aliphatic heterocycles. The van der Waals surface area contributed by atoms with E-state index in [1.165, 1.54) is 0 Å². The zero-order valence-electron chi connectivity index (χ0n) is 9.25. The second-order valence-electron chi connectivity index (χ2n) is 3.67. The van der Waals surface area contributed by atoms with Gasteiger partial charge in [0.1, 0.15) is 0 Å². The van der Waals surface area contributed by atoms with Gasteiger partial charge in [0.15, 0.2) is 12.4 Å². The Balaban J connectivity index is 0.00000144. The van der Waals surface area contributed by atoms with Crippen LogP contribution in [0, 0.1) is 0 Å². The van der Waals surface area contributed by atoms with Gasteiger partial charge in [-0.3, -0.25) is 0 Å². The number of aliphatic hydroxyl groups excluding tert-OH is 2. The van der Waals surface area contributed by atoms with Crippen LogP contribution in [0.3, 0.4) is 0 Å². The Morgan fingerprint density at radius 3 is 2.82 bits per heavy atom. The molecule has 0 saturated heterocycles. The molecular weight excluding hydrogens is 284 g/mol. The number of hydrogen-bond acceptors (Lipinski definition) is 3. The summed E-state index contributed by atoms with van der Waals surface area (Å²) in [5.74, 6) is 0. The van der Waals surface area contributed by atoms with Crippen LogP contribution in [-0.4, -0.2) is 29.5 Å². The van der Waals surface area contributed by atoms with Gasteiger partial charge in [0.25, 0.3) is 0 Å². The van der Waals surface area contributed by atoms with Gasteiger partial charge in [-0.05, 0) is 6.07 Å². The molecule has 17 heavy (non-hydrogen) atoms. The maximum absolute atomic E-state index is 9.21. The van der Waals surface area contributed by atoms with E-state index in [-0.39, 0.29) is 23.6 Å². The van der Waals surface area contributed by atoms with Crippen LogP contribution in [0.1, 0.15) is 0 Å². The first-order valence-corrected chi connectivity index (χ1v) is 5.22. The molecule has 4 nitrogen and oxygen atoms in total. The number of halogens is 1. The summed E-state index contributed by atoms with van der Waals surface area (Å²) in [7, 11) is 0. The van der Waals surface area contributed by atoms with E-state index in [4.69, 9.17) is 5.11 Å². The Labute approximate surface area is 110 Å². The summed E-state index contributed by atoms with van der Waals surface area (Å²) in [5, 5.41) is 21.0. The van der Waals surface area contributed by atoms with Gasteiger partial charge in [-0.1, -0.05) is 0 Å². The molecule has 0 aliphatic rings. The largest absolute Gasteiger partial charge is 1.00 e. The molecule has 1 unspecified atom stereocenters. The smallest absolute Gasteiger partial charge is 0.212 e. The minimum absolute atomic E-state index is 0. The van der Waals surface area contributed by atoms with Gasteiger partial charge < -0.3 is 32.5 Å². The molecule has 0 spiro atoms. The average molecular weight is 299 g/mol. The van der Waals surface area contributed by atoms with Crippen molar-refractivity contribution >= 4 is 11.2 Å². The summed E-state index contributed by atoms with van der Waals surface area (Å²) in [6.45, 7) is 0.120. The van der Waals surface area contributed by atoms with Crippen LogP contribution in [0.2, 0.25) is 0 Å². The van der Waals surface area contributed by atoms with Gasteiger partial charge in [0, 0.05) is 36.5 Å². The number of nitrogens with zero attached hydrogens (tertiary/aromatic N) is 1. The predicted octanol–water partition coefficient (Wildman–Crippen LogP) is -2.81. The van der Waals surface area contributed by atoms with Gasteiger partial charge in [-0.25, -0.2) is 0 Å². The van der Waals surface area contributed by atoms with E-state index in [0.717, 1.165) is 11.2 Å². The van der Waals surface area contributed by atoms with Crippen LogP contribution in [0.25, 0.3) is 5.52 Å². The molecule has 5 heteroatoms. The molecule has 0 bridgehead atoms. The highest BCUT2D eigenvalue weighted by atomic mass is 79.9. The Bertz CT molecular complexity index is 479. The molecule has 0 saturated carbocycles. The highest BCUT2D eigenvalue weighted by Gasteiger charge is 2.04. The third kappa shape index (κ3) is 3.66. The average Bonchev–Trinajstić information content (AvgIpc) is 2.35. The van der Waals surface area contributed by atoms with Crippen molar-refractivity contribution in [3.05, 3.63) is 42.7 Å². The third-order valence-electron chi connectivity index (χ3n) is 2.39. The summed E-state index contributed by atoms with van der Waals surface area (Å²) >= 11 is 0. The molecule has 0 fully saturated rings. The summed E-state index contributed by atoms with van der Waals surface area (Å²) in [6, 6.07) is 9.87. The van der Waals surface area contributed by atoms with Crippen molar-refractivity contribution in [3.8, 4) is 0 Å². The van der Waals surface area contributed by atoms with E-state index >= 15 is 0 Å². The Hall–Kier alpha value is -1.17. The number of aromatic nitrogens is 1. The van der Waals surface area contributed by atoms with Crippen molar-refractivity contribution < 1.29 is 31.6 Å². The quantitative estimate of drug-likeness (QED) is 0.535. The fraction of sp³-hybridized carbons (Fsp3) is 0.250. The summed E-state index contributed by atoms with van der Waals surface area (Å²) in [6.07, 6.45) is 3.20. The standard InChI is InChI=1S/C12H14N2O2.BrH/c15-9-12(16)8-13-10-4-6-14-5-2-1-3-11(14)7-10;/h1-7,12,15-16H,8-9H2;1H. The fourth-order valence-corrected chi connectivity index (χ4v) is 1.51. The zero-order chi connectivity index (χ0) is 11.4. The van der Waals surface area contributed by atoms with Crippen LogP contribution >= 0.6 is 0 Å². The number of anilines is 1. The highest BCUT2D eigenvalue weighted by molar-refractivity contribution is 5.53. The normalized spacial score (nSPS) is 11.9. The number of nitrogens with one attached hydrogen (secondary N) is 1. The first kappa shape index (κ1) is 13.9. The number of hydrogen-bond donors (Lipinski definition) is 3. The molecule has 2 aromatic rings. The minimum atomic E-state index is -0.723. The van der Waals surface area contributed by atoms with Crippen LogP contribution in [-0.2, 0) is 0 Å². The maximum Gasteiger partial charge on any atom is 0.212 e. The zero-order valence-corrected chi connectivity index (χ0v) is 10.8. The lowest BCUT2D eigenvalue weighted by Gasteiger charge is -2.09.